The monoisotopic (exact) mass is 394 g/mol. The zero-order valence-electron chi connectivity index (χ0n) is 16.4. The number of halogens is 1. The van der Waals surface area contributed by atoms with Crippen molar-refractivity contribution in [2.75, 3.05) is 10.6 Å². The Hall–Kier alpha value is -2.92. The smallest absolute Gasteiger partial charge is 0.258 e. The first-order valence-corrected chi connectivity index (χ1v) is 9.38. The van der Waals surface area contributed by atoms with E-state index in [9.17, 15) is 4.79 Å². The lowest BCUT2D eigenvalue weighted by atomic mass is 9.86. The second-order valence-electron chi connectivity index (χ2n) is 7.63. The summed E-state index contributed by atoms with van der Waals surface area (Å²) in [5.41, 5.74) is 4.01. The lowest BCUT2D eigenvalue weighted by Gasteiger charge is -2.23. The minimum Gasteiger partial charge on any atom is -0.324 e. The quantitative estimate of drug-likeness (QED) is 0.592. The molecule has 5 nitrogen and oxygen atoms in total. The summed E-state index contributed by atoms with van der Waals surface area (Å²) < 4.78 is 0. The number of anilines is 3. The average Bonchev–Trinajstić information content (AvgIpc) is 2.65. The van der Waals surface area contributed by atoms with Gasteiger partial charge < -0.3 is 10.6 Å². The second-order valence-corrected chi connectivity index (χ2v) is 8.07. The highest BCUT2D eigenvalue weighted by Crippen LogP contribution is 2.29. The zero-order chi connectivity index (χ0) is 20.3. The lowest BCUT2D eigenvalue weighted by molar-refractivity contribution is 0.102. The van der Waals surface area contributed by atoms with Crippen molar-refractivity contribution in [1.82, 2.24) is 9.97 Å². The van der Waals surface area contributed by atoms with E-state index in [1.165, 1.54) is 12.4 Å². The van der Waals surface area contributed by atoms with Gasteiger partial charge in [-0.15, -0.1) is 0 Å². The maximum absolute atomic E-state index is 12.6. The summed E-state index contributed by atoms with van der Waals surface area (Å²) in [6, 6.07) is 13.3. The van der Waals surface area contributed by atoms with Gasteiger partial charge in [0, 0.05) is 28.8 Å². The van der Waals surface area contributed by atoms with Crippen molar-refractivity contribution in [2.45, 2.75) is 33.1 Å². The van der Waals surface area contributed by atoms with Gasteiger partial charge in [-0.2, -0.15) is 0 Å². The van der Waals surface area contributed by atoms with E-state index in [-0.39, 0.29) is 11.3 Å². The predicted octanol–water partition coefficient (Wildman–Crippen LogP) is 5.73. The predicted molar refractivity (Wildman–Crippen MR) is 115 cm³/mol. The normalized spacial score (nSPS) is 11.2. The molecule has 3 rings (SSSR count). The first kappa shape index (κ1) is 19.8. The fourth-order valence-corrected chi connectivity index (χ4v) is 2.97. The van der Waals surface area contributed by atoms with Gasteiger partial charge in [0.2, 0.25) is 5.95 Å². The topological polar surface area (TPSA) is 66.9 Å². The van der Waals surface area contributed by atoms with Crippen molar-refractivity contribution in [1.29, 1.82) is 0 Å². The Labute approximate surface area is 170 Å². The summed E-state index contributed by atoms with van der Waals surface area (Å²) in [5.74, 6) is 0.152. The summed E-state index contributed by atoms with van der Waals surface area (Å²) in [6.45, 7) is 8.30. The number of hydrogen-bond acceptors (Lipinski definition) is 4. The first-order chi connectivity index (χ1) is 13.2. The van der Waals surface area contributed by atoms with Crippen LogP contribution in [0.3, 0.4) is 0 Å². The van der Waals surface area contributed by atoms with E-state index in [0.717, 1.165) is 22.5 Å². The third-order valence-corrected chi connectivity index (χ3v) is 4.58. The van der Waals surface area contributed by atoms with Gasteiger partial charge in [-0.25, -0.2) is 9.97 Å². The van der Waals surface area contributed by atoms with Gasteiger partial charge in [-0.1, -0.05) is 56.6 Å². The number of para-hydroxylation sites is 1. The van der Waals surface area contributed by atoms with Crippen LogP contribution >= 0.6 is 11.6 Å². The molecule has 1 aromatic heterocycles. The standard InChI is InChI=1S/C22H23ClN4O/c1-14-9-10-16(23)11-19(14)27-21-24-12-15(13-25-21)20(28)26-18-8-6-5-7-17(18)22(2,3)4/h5-13H,1-4H3,(H,26,28)(H,24,25,27). The third kappa shape index (κ3) is 4.67. The molecule has 0 aliphatic carbocycles. The molecule has 3 aromatic rings. The van der Waals surface area contributed by atoms with Gasteiger partial charge >= 0.3 is 0 Å². The van der Waals surface area contributed by atoms with Crippen LogP contribution in [0.2, 0.25) is 5.02 Å². The van der Waals surface area contributed by atoms with Crippen molar-refractivity contribution in [2.24, 2.45) is 0 Å². The van der Waals surface area contributed by atoms with Crippen molar-refractivity contribution in [3.05, 3.63) is 76.6 Å². The summed E-state index contributed by atoms with van der Waals surface area (Å²) in [4.78, 5) is 21.1. The molecule has 0 fully saturated rings. The van der Waals surface area contributed by atoms with Crippen LogP contribution < -0.4 is 10.6 Å². The third-order valence-electron chi connectivity index (χ3n) is 4.34. The Kier molecular flexibility index (Phi) is 5.66. The highest BCUT2D eigenvalue weighted by Gasteiger charge is 2.19. The maximum Gasteiger partial charge on any atom is 0.258 e. The van der Waals surface area contributed by atoms with Crippen LogP contribution in [0, 0.1) is 6.92 Å². The molecule has 0 unspecified atom stereocenters. The molecule has 0 aliphatic heterocycles. The molecule has 6 heteroatoms. The molecule has 2 N–H and O–H groups in total. The fourth-order valence-electron chi connectivity index (χ4n) is 2.80. The van der Waals surface area contributed by atoms with Gasteiger partial charge in [0.1, 0.15) is 0 Å². The number of aryl methyl sites for hydroxylation is 1. The summed E-state index contributed by atoms with van der Waals surface area (Å²) in [5, 5.41) is 6.71. The molecule has 0 bridgehead atoms. The van der Waals surface area contributed by atoms with Crippen LogP contribution in [-0.2, 0) is 5.41 Å². The number of nitrogens with zero attached hydrogens (tertiary/aromatic N) is 2. The number of carbonyl (C=O) groups excluding carboxylic acids is 1. The van der Waals surface area contributed by atoms with Crippen molar-refractivity contribution in [3.8, 4) is 0 Å². The molecule has 1 heterocycles. The lowest BCUT2D eigenvalue weighted by Crippen LogP contribution is -2.19. The van der Waals surface area contributed by atoms with Gasteiger partial charge in [0.25, 0.3) is 5.91 Å². The molecule has 0 saturated carbocycles. The van der Waals surface area contributed by atoms with E-state index in [1.807, 2.05) is 49.4 Å². The van der Waals surface area contributed by atoms with Gasteiger partial charge in [0.15, 0.2) is 0 Å². The van der Waals surface area contributed by atoms with E-state index in [4.69, 9.17) is 11.6 Å². The molecule has 2 aromatic carbocycles. The molecular weight excluding hydrogens is 372 g/mol. The summed E-state index contributed by atoms with van der Waals surface area (Å²) >= 11 is 6.04. The van der Waals surface area contributed by atoms with Crippen LogP contribution in [0.4, 0.5) is 17.3 Å². The summed E-state index contributed by atoms with van der Waals surface area (Å²) in [6.07, 6.45) is 3.01. The molecule has 144 valence electrons. The Morgan fingerprint density at radius 2 is 1.68 bits per heavy atom. The minimum atomic E-state index is -0.248. The molecule has 1 amide bonds. The fraction of sp³-hybridized carbons (Fsp3) is 0.227. The van der Waals surface area contributed by atoms with Crippen molar-refractivity contribution >= 4 is 34.8 Å². The molecule has 0 radical (unpaired) electrons. The molecule has 0 spiro atoms. The first-order valence-electron chi connectivity index (χ1n) is 9.00. The van der Waals surface area contributed by atoms with Gasteiger partial charge in [0.05, 0.1) is 5.56 Å². The maximum atomic E-state index is 12.6. The molecular formula is C22H23ClN4O. The Morgan fingerprint density at radius 3 is 2.36 bits per heavy atom. The van der Waals surface area contributed by atoms with Crippen LogP contribution in [-0.4, -0.2) is 15.9 Å². The SMILES string of the molecule is Cc1ccc(Cl)cc1Nc1ncc(C(=O)Nc2ccccc2C(C)(C)C)cn1. The zero-order valence-corrected chi connectivity index (χ0v) is 17.1. The van der Waals surface area contributed by atoms with E-state index >= 15 is 0 Å². The van der Waals surface area contributed by atoms with E-state index < -0.39 is 0 Å². The van der Waals surface area contributed by atoms with Crippen LogP contribution in [0.15, 0.2) is 54.9 Å². The Balaban J connectivity index is 1.75. The van der Waals surface area contributed by atoms with Gasteiger partial charge in [-0.3, -0.25) is 4.79 Å². The number of rotatable bonds is 4. The molecule has 0 saturated heterocycles. The minimum absolute atomic E-state index is 0.0804. The highest BCUT2D eigenvalue weighted by molar-refractivity contribution is 6.30. The van der Waals surface area contributed by atoms with E-state index in [1.54, 1.807) is 0 Å². The van der Waals surface area contributed by atoms with Crippen LogP contribution in [0.25, 0.3) is 0 Å². The number of aromatic nitrogens is 2. The summed E-state index contributed by atoms with van der Waals surface area (Å²) in [7, 11) is 0. The highest BCUT2D eigenvalue weighted by atomic mass is 35.5. The van der Waals surface area contributed by atoms with Crippen LogP contribution in [0.1, 0.15) is 42.3 Å². The Bertz CT molecular complexity index is 994. The van der Waals surface area contributed by atoms with Crippen molar-refractivity contribution in [3.63, 3.8) is 0 Å². The van der Waals surface area contributed by atoms with E-state index in [2.05, 4.69) is 41.4 Å². The van der Waals surface area contributed by atoms with Gasteiger partial charge in [-0.05, 0) is 41.7 Å². The largest absolute Gasteiger partial charge is 0.324 e. The molecule has 0 aliphatic rings. The number of hydrogen-bond donors (Lipinski definition) is 2. The molecule has 28 heavy (non-hydrogen) atoms. The molecule has 0 atom stereocenters. The Morgan fingerprint density at radius 1 is 1.00 bits per heavy atom. The van der Waals surface area contributed by atoms with E-state index in [0.29, 0.717) is 16.5 Å². The number of nitrogens with one attached hydrogen (secondary N) is 2. The number of amides is 1. The van der Waals surface area contributed by atoms with Crippen molar-refractivity contribution < 1.29 is 4.79 Å². The number of benzene rings is 2. The average molecular weight is 395 g/mol. The number of carbonyl (C=O) groups is 1. The van der Waals surface area contributed by atoms with Crippen LogP contribution in [0.5, 0.6) is 0 Å². The second kappa shape index (κ2) is 7.98.